The number of hydrogen-bond donors (Lipinski definition) is 2. The van der Waals surface area contributed by atoms with Crippen LogP contribution in [0.1, 0.15) is 25.6 Å². The van der Waals surface area contributed by atoms with E-state index < -0.39 is 0 Å². The van der Waals surface area contributed by atoms with E-state index in [4.69, 9.17) is 0 Å². The molecule has 3 aromatic rings. The van der Waals surface area contributed by atoms with Gasteiger partial charge in [0, 0.05) is 16.9 Å². The van der Waals surface area contributed by atoms with E-state index in [0.717, 1.165) is 9.35 Å². The summed E-state index contributed by atoms with van der Waals surface area (Å²) in [6, 6.07) is 18.0. The molecule has 1 heterocycles. The third kappa shape index (κ3) is 4.15. The molecule has 0 radical (unpaired) electrons. The smallest absolute Gasteiger partial charge is 0.265 e. The summed E-state index contributed by atoms with van der Waals surface area (Å²) >= 11 is 4.72. The summed E-state index contributed by atoms with van der Waals surface area (Å²) in [7, 11) is 0. The summed E-state index contributed by atoms with van der Waals surface area (Å²) in [6.45, 7) is 1.86. The average Bonchev–Trinajstić information content (AvgIpc) is 3.05. The minimum absolute atomic E-state index is 0.176. The van der Waals surface area contributed by atoms with Gasteiger partial charge < -0.3 is 10.6 Å². The number of nitrogens with one attached hydrogen (secondary N) is 2. The van der Waals surface area contributed by atoms with Gasteiger partial charge in [-0.15, -0.1) is 11.3 Å². The first-order chi connectivity index (χ1) is 12.0. The Bertz CT molecular complexity index is 922. The Morgan fingerprint density at radius 1 is 0.840 bits per heavy atom. The van der Waals surface area contributed by atoms with Crippen molar-refractivity contribution in [1.82, 2.24) is 0 Å². The van der Waals surface area contributed by atoms with E-state index in [-0.39, 0.29) is 11.8 Å². The highest BCUT2D eigenvalue weighted by Gasteiger charge is 2.13. The molecule has 0 saturated heterocycles. The van der Waals surface area contributed by atoms with Crippen molar-refractivity contribution in [2.24, 2.45) is 0 Å². The van der Waals surface area contributed by atoms with E-state index in [9.17, 15) is 9.59 Å². The van der Waals surface area contributed by atoms with Gasteiger partial charge >= 0.3 is 0 Å². The minimum Gasteiger partial charge on any atom is -0.322 e. The molecular formula is C19H15BrN2O2S. The normalized spacial score (nSPS) is 10.3. The van der Waals surface area contributed by atoms with Gasteiger partial charge in [-0.2, -0.15) is 0 Å². The third-order valence-electron chi connectivity index (χ3n) is 3.66. The maximum absolute atomic E-state index is 12.3. The van der Waals surface area contributed by atoms with Gasteiger partial charge in [-0.25, -0.2) is 0 Å². The Kier molecular flexibility index (Phi) is 5.31. The van der Waals surface area contributed by atoms with E-state index in [0.29, 0.717) is 21.8 Å². The zero-order valence-corrected chi connectivity index (χ0v) is 15.8. The maximum Gasteiger partial charge on any atom is 0.265 e. The van der Waals surface area contributed by atoms with Crippen molar-refractivity contribution < 1.29 is 9.59 Å². The zero-order chi connectivity index (χ0) is 17.8. The lowest BCUT2D eigenvalue weighted by atomic mass is 10.1. The van der Waals surface area contributed by atoms with Gasteiger partial charge in [0.25, 0.3) is 11.8 Å². The third-order valence-corrected chi connectivity index (χ3v) is 5.29. The lowest BCUT2D eigenvalue weighted by Gasteiger charge is -2.13. The lowest BCUT2D eigenvalue weighted by Crippen LogP contribution is -2.15. The van der Waals surface area contributed by atoms with Gasteiger partial charge in [-0.3, -0.25) is 9.59 Å². The molecule has 1 aromatic heterocycles. The fourth-order valence-electron chi connectivity index (χ4n) is 2.31. The first-order valence-corrected chi connectivity index (χ1v) is 9.18. The summed E-state index contributed by atoms with van der Waals surface area (Å²) in [4.78, 5) is 25.3. The molecule has 0 bridgehead atoms. The van der Waals surface area contributed by atoms with Crippen LogP contribution in [0.3, 0.4) is 0 Å². The molecule has 4 nitrogen and oxygen atoms in total. The number of benzene rings is 2. The highest BCUT2D eigenvalue weighted by Crippen LogP contribution is 2.26. The van der Waals surface area contributed by atoms with Crippen molar-refractivity contribution in [3.63, 3.8) is 0 Å². The molecule has 0 aliphatic rings. The van der Waals surface area contributed by atoms with Gasteiger partial charge in [-0.1, -0.05) is 24.3 Å². The molecule has 2 amide bonds. The van der Waals surface area contributed by atoms with Gasteiger partial charge in [0.2, 0.25) is 0 Å². The van der Waals surface area contributed by atoms with Gasteiger partial charge in [0.1, 0.15) is 0 Å². The predicted molar refractivity (Wildman–Crippen MR) is 106 cm³/mol. The summed E-state index contributed by atoms with van der Waals surface area (Å²) in [6.07, 6.45) is 0. The van der Waals surface area contributed by atoms with Gasteiger partial charge in [0.15, 0.2) is 0 Å². The molecule has 0 spiro atoms. The summed E-state index contributed by atoms with van der Waals surface area (Å²) in [5.74, 6) is -0.361. The lowest BCUT2D eigenvalue weighted by molar-refractivity contribution is 0.102. The van der Waals surface area contributed by atoms with Crippen LogP contribution in [0.2, 0.25) is 0 Å². The second-order valence-electron chi connectivity index (χ2n) is 5.36. The number of rotatable bonds is 4. The Morgan fingerprint density at radius 2 is 1.48 bits per heavy atom. The quantitative estimate of drug-likeness (QED) is 0.606. The topological polar surface area (TPSA) is 58.2 Å². The van der Waals surface area contributed by atoms with Crippen molar-refractivity contribution in [3.8, 4) is 0 Å². The highest BCUT2D eigenvalue weighted by atomic mass is 79.9. The molecule has 2 aromatic carbocycles. The number of carbonyl (C=O) groups excluding carboxylic acids is 2. The molecule has 126 valence electrons. The van der Waals surface area contributed by atoms with E-state index >= 15 is 0 Å². The molecule has 3 rings (SSSR count). The van der Waals surface area contributed by atoms with Gasteiger partial charge in [0.05, 0.1) is 8.66 Å². The molecule has 25 heavy (non-hydrogen) atoms. The van der Waals surface area contributed by atoms with Crippen molar-refractivity contribution in [3.05, 3.63) is 80.5 Å². The first-order valence-electron chi connectivity index (χ1n) is 7.57. The maximum atomic E-state index is 12.3. The molecule has 0 fully saturated rings. The Labute approximate surface area is 158 Å². The number of amides is 2. The monoisotopic (exact) mass is 414 g/mol. The largest absolute Gasteiger partial charge is 0.322 e. The van der Waals surface area contributed by atoms with Crippen LogP contribution in [0.15, 0.2) is 64.5 Å². The van der Waals surface area contributed by atoms with E-state index in [1.807, 2.05) is 43.3 Å². The van der Waals surface area contributed by atoms with Crippen LogP contribution in [-0.4, -0.2) is 11.8 Å². The SMILES string of the molecule is Cc1c(NC(=O)c2ccccc2)cccc1NC(=O)c1ccc(Br)s1. The zero-order valence-electron chi connectivity index (χ0n) is 13.4. The fourth-order valence-corrected chi connectivity index (χ4v) is 3.59. The van der Waals surface area contributed by atoms with Gasteiger partial charge in [-0.05, 0) is 64.8 Å². The number of thiophene rings is 1. The molecule has 0 unspecified atom stereocenters. The van der Waals surface area contributed by atoms with Crippen LogP contribution in [0.5, 0.6) is 0 Å². The minimum atomic E-state index is -0.186. The van der Waals surface area contributed by atoms with E-state index in [2.05, 4.69) is 26.6 Å². The van der Waals surface area contributed by atoms with Crippen LogP contribution < -0.4 is 10.6 Å². The van der Waals surface area contributed by atoms with Crippen molar-refractivity contribution in [2.45, 2.75) is 6.92 Å². The van der Waals surface area contributed by atoms with Crippen LogP contribution in [0.25, 0.3) is 0 Å². The molecular weight excluding hydrogens is 400 g/mol. The van der Waals surface area contributed by atoms with Crippen molar-refractivity contribution in [1.29, 1.82) is 0 Å². The van der Waals surface area contributed by atoms with Crippen LogP contribution in [0.4, 0.5) is 11.4 Å². The standard InChI is InChI=1S/C19H15BrN2O2S/c1-12-14(21-18(23)13-6-3-2-4-7-13)8-5-9-15(12)22-19(24)16-10-11-17(20)25-16/h2-11H,1H3,(H,21,23)(H,22,24). The first kappa shape index (κ1) is 17.4. The van der Waals surface area contributed by atoms with Crippen LogP contribution in [-0.2, 0) is 0 Å². The number of hydrogen-bond acceptors (Lipinski definition) is 3. The predicted octanol–water partition coefficient (Wildman–Crippen LogP) is 5.32. The van der Waals surface area contributed by atoms with Crippen molar-refractivity contribution >= 4 is 50.5 Å². The Morgan fingerprint density at radius 3 is 2.08 bits per heavy atom. The summed E-state index contributed by atoms with van der Waals surface area (Å²) in [5, 5.41) is 5.78. The Hall–Kier alpha value is -2.44. The highest BCUT2D eigenvalue weighted by molar-refractivity contribution is 9.11. The molecule has 6 heteroatoms. The summed E-state index contributed by atoms with van der Waals surface area (Å²) in [5.41, 5.74) is 2.72. The Balaban J connectivity index is 1.78. The van der Waals surface area contributed by atoms with Crippen molar-refractivity contribution in [2.75, 3.05) is 10.6 Å². The molecule has 2 N–H and O–H groups in total. The second-order valence-corrected chi connectivity index (χ2v) is 7.82. The fraction of sp³-hybridized carbons (Fsp3) is 0.0526. The summed E-state index contributed by atoms with van der Waals surface area (Å²) < 4.78 is 0.901. The van der Waals surface area contributed by atoms with E-state index in [1.165, 1.54) is 11.3 Å². The average molecular weight is 415 g/mol. The van der Waals surface area contributed by atoms with Crippen LogP contribution >= 0.6 is 27.3 Å². The number of anilines is 2. The van der Waals surface area contributed by atoms with E-state index in [1.54, 1.807) is 24.3 Å². The number of carbonyl (C=O) groups is 2. The van der Waals surface area contributed by atoms with Crippen LogP contribution in [0, 0.1) is 6.92 Å². The molecule has 0 saturated carbocycles. The molecule has 0 aliphatic heterocycles. The molecule has 0 atom stereocenters. The second kappa shape index (κ2) is 7.63. The molecule has 0 aliphatic carbocycles. The number of halogens is 1.